The highest BCUT2D eigenvalue weighted by Gasteiger charge is 2.29. The smallest absolute Gasteiger partial charge is 0.357 e. The van der Waals surface area contributed by atoms with Crippen molar-refractivity contribution in [2.75, 3.05) is 17.2 Å². The van der Waals surface area contributed by atoms with E-state index in [1.54, 1.807) is 11.5 Å². The zero-order valence-electron chi connectivity index (χ0n) is 18.6. The van der Waals surface area contributed by atoms with Gasteiger partial charge in [0.15, 0.2) is 5.69 Å². The highest BCUT2D eigenvalue weighted by molar-refractivity contribution is 7.19. The van der Waals surface area contributed by atoms with Crippen LogP contribution in [0.5, 0.6) is 0 Å². The number of carbonyl (C=O) groups excluding carboxylic acids is 3. The summed E-state index contributed by atoms with van der Waals surface area (Å²) in [5.74, 6) is -1.15. The lowest BCUT2D eigenvalue weighted by Gasteiger charge is -2.12. The molecule has 2 aromatic heterocycles. The van der Waals surface area contributed by atoms with Crippen molar-refractivity contribution in [3.05, 3.63) is 45.5 Å². The second-order valence-corrected chi connectivity index (χ2v) is 8.73. The minimum absolute atomic E-state index is 0.0868. The number of aryl methyl sites for hydroxylation is 4. The number of anilines is 2. The molecule has 164 valence electrons. The van der Waals surface area contributed by atoms with Crippen molar-refractivity contribution < 1.29 is 19.1 Å². The Morgan fingerprint density at radius 1 is 1.06 bits per heavy atom. The van der Waals surface area contributed by atoms with Crippen LogP contribution in [0.25, 0.3) is 10.2 Å². The molecule has 0 saturated heterocycles. The first-order valence-electron chi connectivity index (χ1n) is 10.1. The van der Waals surface area contributed by atoms with E-state index in [2.05, 4.69) is 10.6 Å². The van der Waals surface area contributed by atoms with E-state index in [4.69, 9.17) is 4.74 Å². The first-order chi connectivity index (χ1) is 14.6. The van der Waals surface area contributed by atoms with Gasteiger partial charge in [-0.15, -0.1) is 11.3 Å². The highest BCUT2D eigenvalue weighted by Crippen LogP contribution is 2.40. The topological polar surface area (TPSA) is 89.4 Å². The monoisotopic (exact) mass is 441 g/mol. The summed E-state index contributed by atoms with van der Waals surface area (Å²) in [5.41, 5.74) is 4.43. The molecule has 0 aliphatic heterocycles. The maximum atomic E-state index is 12.9. The Kier molecular flexibility index (Phi) is 6.50. The normalized spacial score (nSPS) is 10.9. The van der Waals surface area contributed by atoms with E-state index in [0.29, 0.717) is 11.4 Å². The van der Waals surface area contributed by atoms with Crippen molar-refractivity contribution >= 4 is 50.7 Å². The van der Waals surface area contributed by atoms with Gasteiger partial charge in [0.25, 0.3) is 0 Å². The van der Waals surface area contributed by atoms with E-state index in [9.17, 15) is 14.4 Å². The molecule has 0 spiro atoms. The summed E-state index contributed by atoms with van der Waals surface area (Å²) in [6, 6.07) is 5.70. The summed E-state index contributed by atoms with van der Waals surface area (Å²) < 4.78 is 6.89. The first kappa shape index (κ1) is 22.6. The van der Waals surface area contributed by atoms with Crippen LogP contribution >= 0.6 is 11.3 Å². The van der Waals surface area contributed by atoms with Crippen LogP contribution in [0.3, 0.4) is 0 Å². The average Bonchev–Trinajstić information content (AvgIpc) is 3.12. The molecule has 1 aromatic carbocycles. The van der Waals surface area contributed by atoms with E-state index in [-0.39, 0.29) is 30.7 Å². The molecule has 0 radical (unpaired) electrons. The molecule has 2 amide bonds. The molecule has 0 fully saturated rings. The molecular formula is C23H27N3O4S. The number of hydrogen-bond acceptors (Lipinski definition) is 5. The molecule has 7 nitrogen and oxygen atoms in total. The van der Waals surface area contributed by atoms with E-state index < -0.39 is 5.97 Å². The van der Waals surface area contributed by atoms with Gasteiger partial charge in [-0.25, -0.2) is 4.79 Å². The van der Waals surface area contributed by atoms with Crippen molar-refractivity contribution in [2.24, 2.45) is 0 Å². The van der Waals surface area contributed by atoms with Crippen LogP contribution in [0.1, 0.15) is 45.9 Å². The van der Waals surface area contributed by atoms with Crippen LogP contribution in [0.2, 0.25) is 0 Å². The van der Waals surface area contributed by atoms with Crippen molar-refractivity contribution in [2.45, 2.75) is 48.1 Å². The van der Waals surface area contributed by atoms with Crippen molar-refractivity contribution in [1.29, 1.82) is 0 Å². The molecule has 8 heteroatoms. The highest BCUT2D eigenvalue weighted by atomic mass is 32.1. The second kappa shape index (κ2) is 8.93. The van der Waals surface area contributed by atoms with Gasteiger partial charge in [0.2, 0.25) is 11.8 Å². The maximum absolute atomic E-state index is 12.9. The Balaban J connectivity index is 2.08. The number of aromatic nitrogens is 1. The number of fused-ring (bicyclic) bond motifs is 1. The first-order valence-corrected chi connectivity index (χ1v) is 10.9. The lowest BCUT2D eigenvalue weighted by molar-refractivity contribution is -0.116. The van der Waals surface area contributed by atoms with E-state index >= 15 is 0 Å². The molecule has 31 heavy (non-hydrogen) atoms. The lowest BCUT2D eigenvalue weighted by Crippen LogP contribution is -2.23. The van der Waals surface area contributed by atoms with Crippen LogP contribution in [-0.2, 0) is 20.9 Å². The molecule has 0 aliphatic carbocycles. The Morgan fingerprint density at radius 3 is 2.39 bits per heavy atom. The minimum Gasteiger partial charge on any atom is -0.461 e. The van der Waals surface area contributed by atoms with E-state index in [1.165, 1.54) is 18.3 Å². The van der Waals surface area contributed by atoms with Crippen LogP contribution in [0.4, 0.5) is 11.4 Å². The van der Waals surface area contributed by atoms with Gasteiger partial charge in [-0.3, -0.25) is 9.59 Å². The van der Waals surface area contributed by atoms with Gasteiger partial charge in [-0.2, -0.15) is 0 Å². The molecule has 0 unspecified atom stereocenters. The fraction of sp³-hybridized carbons (Fsp3) is 0.348. The number of thiophene rings is 1. The molecule has 0 bridgehead atoms. The van der Waals surface area contributed by atoms with Gasteiger partial charge in [0.05, 0.1) is 12.3 Å². The Morgan fingerprint density at radius 2 is 1.77 bits per heavy atom. The van der Waals surface area contributed by atoms with Crippen molar-refractivity contribution in [1.82, 2.24) is 4.57 Å². The summed E-state index contributed by atoms with van der Waals surface area (Å²) in [5, 5.41) is 6.44. The lowest BCUT2D eigenvalue weighted by atomic mass is 10.1. The SMILES string of the molecule is CCOC(=O)c1c(NC(C)=O)c2c(C)c(C)sc2n1CC(=O)Nc1ccc(C)c(C)c1. The zero-order chi connectivity index (χ0) is 22.9. The number of nitrogens with zero attached hydrogens (tertiary/aromatic N) is 1. The van der Waals surface area contributed by atoms with E-state index in [0.717, 1.165) is 31.8 Å². The molecule has 0 atom stereocenters. The molecule has 0 saturated carbocycles. The van der Waals surface area contributed by atoms with Gasteiger partial charge in [-0.1, -0.05) is 6.07 Å². The number of hydrogen-bond donors (Lipinski definition) is 2. The number of benzene rings is 1. The number of rotatable bonds is 6. The molecule has 3 aromatic rings. The summed E-state index contributed by atoms with van der Waals surface area (Å²) in [4.78, 5) is 39.4. The Bertz CT molecular complexity index is 1190. The van der Waals surface area contributed by atoms with Gasteiger partial charge in [0.1, 0.15) is 11.4 Å². The number of ether oxygens (including phenoxy) is 1. The van der Waals surface area contributed by atoms with Crippen LogP contribution in [0, 0.1) is 27.7 Å². The van der Waals surface area contributed by atoms with Crippen molar-refractivity contribution in [3.8, 4) is 0 Å². The summed E-state index contributed by atoms with van der Waals surface area (Å²) in [6.45, 7) is 11.1. The van der Waals surface area contributed by atoms with Gasteiger partial charge >= 0.3 is 5.97 Å². The quantitative estimate of drug-likeness (QED) is 0.542. The number of carbonyl (C=O) groups is 3. The maximum Gasteiger partial charge on any atom is 0.357 e. The number of esters is 1. The van der Waals surface area contributed by atoms with Gasteiger partial charge < -0.3 is 19.9 Å². The number of amides is 2. The predicted octanol–water partition coefficient (Wildman–Crippen LogP) is 4.71. The molecule has 2 N–H and O–H groups in total. The summed E-state index contributed by atoms with van der Waals surface area (Å²) in [6.07, 6.45) is 0. The predicted molar refractivity (Wildman–Crippen MR) is 124 cm³/mol. The third-order valence-electron chi connectivity index (χ3n) is 5.23. The average molecular weight is 442 g/mol. The molecular weight excluding hydrogens is 414 g/mol. The fourth-order valence-electron chi connectivity index (χ4n) is 3.47. The molecule has 2 heterocycles. The third kappa shape index (κ3) is 4.49. The standard InChI is InChI=1S/C23H27N3O4S/c1-7-30-23(29)21-20(24-16(6)27)19-14(4)15(5)31-22(19)26(21)11-18(28)25-17-9-8-12(2)13(3)10-17/h8-10H,7,11H2,1-6H3,(H,24,27)(H,25,28). The fourth-order valence-corrected chi connectivity index (χ4v) is 4.64. The van der Waals surface area contributed by atoms with Gasteiger partial charge in [0, 0.05) is 22.9 Å². The molecule has 0 aliphatic rings. The Labute approximate surface area is 185 Å². The largest absolute Gasteiger partial charge is 0.461 e. The van der Waals surface area contributed by atoms with Crippen LogP contribution in [0.15, 0.2) is 18.2 Å². The zero-order valence-corrected chi connectivity index (χ0v) is 19.5. The van der Waals surface area contributed by atoms with Crippen LogP contribution in [-0.4, -0.2) is 29.0 Å². The third-order valence-corrected chi connectivity index (χ3v) is 6.46. The number of nitrogens with one attached hydrogen (secondary N) is 2. The van der Waals surface area contributed by atoms with Crippen LogP contribution < -0.4 is 10.6 Å². The second-order valence-electron chi connectivity index (χ2n) is 7.52. The minimum atomic E-state index is -0.578. The van der Waals surface area contributed by atoms with Crippen molar-refractivity contribution in [3.63, 3.8) is 0 Å². The van der Waals surface area contributed by atoms with Gasteiger partial charge in [-0.05, 0) is 63.4 Å². The molecule has 3 rings (SSSR count). The van der Waals surface area contributed by atoms with E-state index in [1.807, 2.05) is 45.9 Å². The Hall–Kier alpha value is -3.13. The summed E-state index contributed by atoms with van der Waals surface area (Å²) in [7, 11) is 0. The summed E-state index contributed by atoms with van der Waals surface area (Å²) >= 11 is 1.48.